The molecule has 1 fully saturated rings. The number of amides is 1. The maximum atomic E-state index is 12.5. The van der Waals surface area contributed by atoms with E-state index in [-0.39, 0.29) is 17.5 Å². The molecule has 0 bridgehead atoms. The van der Waals surface area contributed by atoms with Crippen LogP contribution in [0.4, 0.5) is 11.8 Å². The minimum absolute atomic E-state index is 0.284. The van der Waals surface area contributed by atoms with Gasteiger partial charge in [-0.3, -0.25) is 14.2 Å². The van der Waals surface area contributed by atoms with E-state index in [1.54, 1.807) is 36.8 Å². The molecule has 0 spiro atoms. The number of rotatable bonds is 5. The van der Waals surface area contributed by atoms with Crippen LogP contribution in [0.1, 0.15) is 41.9 Å². The predicted molar refractivity (Wildman–Crippen MR) is 131 cm³/mol. The Kier molecular flexibility index (Phi) is 5.90. The van der Waals surface area contributed by atoms with Gasteiger partial charge in [-0.05, 0) is 56.3 Å². The molecule has 1 aliphatic heterocycles. The van der Waals surface area contributed by atoms with E-state index in [2.05, 4.69) is 37.4 Å². The van der Waals surface area contributed by atoms with Crippen LogP contribution in [0.5, 0.6) is 0 Å². The Labute approximate surface area is 197 Å². The van der Waals surface area contributed by atoms with Crippen molar-refractivity contribution in [3.63, 3.8) is 0 Å². The molecule has 1 aliphatic rings. The molecule has 0 radical (unpaired) electrons. The summed E-state index contributed by atoms with van der Waals surface area (Å²) in [5, 5.41) is 2.74. The summed E-state index contributed by atoms with van der Waals surface area (Å²) < 4.78 is 1.87. The molecule has 0 saturated carbocycles. The third kappa shape index (κ3) is 4.19. The number of nitrogen functional groups attached to an aromatic ring is 1. The highest BCUT2D eigenvalue weighted by molar-refractivity contribution is 6.02. The summed E-state index contributed by atoms with van der Waals surface area (Å²) in [4.78, 5) is 32.7. The summed E-state index contributed by atoms with van der Waals surface area (Å²) in [7, 11) is 0. The van der Waals surface area contributed by atoms with Crippen molar-refractivity contribution in [1.29, 1.82) is 0 Å². The number of piperidine rings is 1. The maximum absolute atomic E-state index is 12.5. The topological polar surface area (TPSA) is 114 Å². The Hall–Kier alpha value is -4.27. The van der Waals surface area contributed by atoms with E-state index in [0.717, 1.165) is 42.7 Å². The van der Waals surface area contributed by atoms with Gasteiger partial charge in [0.2, 0.25) is 5.95 Å². The molecule has 0 aromatic carbocycles. The Balaban J connectivity index is 1.47. The molecule has 9 heteroatoms. The minimum atomic E-state index is -0.327. The fourth-order valence-electron chi connectivity index (χ4n) is 4.43. The van der Waals surface area contributed by atoms with Crippen LogP contribution in [0.15, 0.2) is 67.3 Å². The number of anilines is 2. The number of hydrogen-bond acceptors (Lipinski definition) is 7. The lowest BCUT2D eigenvalue weighted by Crippen LogP contribution is -2.30. The average molecular weight is 455 g/mol. The second-order valence-corrected chi connectivity index (χ2v) is 8.26. The third-order valence-corrected chi connectivity index (χ3v) is 5.97. The van der Waals surface area contributed by atoms with Gasteiger partial charge < -0.3 is 16.0 Å². The van der Waals surface area contributed by atoms with Crippen molar-refractivity contribution in [2.45, 2.75) is 25.7 Å². The van der Waals surface area contributed by atoms with Crippen LogP contribution in [0.3, 0.4) is 0 Å². The number of hydrogen-bond donors (Lipinski definition) is 2. The lowest BCUT2D eigenvalue weighted by Gasteiger charge is -2.31. The van der Waals surface area contributed by atoms with E-state index in [0.29, 0.717) is 17.6 Å². The highest BCUT2D eigenvalue weighted by Gasteiger charge is 2.26. The van der Waals surface area contributed by atoms with Crippen molar-refractivity contribution in [3.05, 3.63) is 78.7 Å². The first kappa shape index (κ1) is 21.6. The number of nitrogens with one attached hydrogen (secondary N) is 1. The summed E-state index contributed by atoms with van der Waals surface area (Å²) >= 11 is 0. The van der Waals surface area contributed by atoms with E-state index in [4.69, 9.17) is 10.7 Å². The molecule has 1 unspecified atom stereocenters. The number of carbonyl (C=O) groups is 1. The van der Waals surface area contributed by atoms with Gasteiger partial charge in [-0.15, -0.1) is 0 Å². The number of aromatic nitrogens is 5. The van der Waals surface area contributed by atoms with Gasteiger partial charge in [0, 0.05) is 43.2 Å². The number of pyridine rings is 2. The number of fused-ring (bicyclic) bond motifs is 1. The quantitative estimate of drug-likeness (QED) is 0.472. The van der Waals surface area contributed by atoms with Crippen LogP contribution >= 0.6 is 0 Å². The number of carbonyl (C=O) groups excluding carboxylic acids is 1. The van der Waals surface area contributed by atoms with Crippen molar-refractivity contribution >= 4 is 23.2 Å². The molecule has 1 atom stereocenters. The van der Waals surface area contributed by atoms with Crippen LogP contribution in [0.25, 0.3) is 16.9 Å². The van der Waals surface area contributed by atoms with Gasteiger partial charge >= 0.3 is 0 Å². The maximum Gasteiger partial charge on any atom is 0.275 e. The normalized spacial score (nSPS) is 16.3. The molecule has 1 amide bonds. The van der Waals surface area contributed by atoms with Gasteiger partial charge in [0.05, 0.1) is 11.2 Å². The number of allylic oxidation sites excluding steroid dienone is 1. The van der Waals surface area contributed by atoms with Crippen molar-refractivity contribution in [2.24, 2.45) is 0 Å². The van der Waals surface area contributed by atoms with Crippen LogP contribution in [0.2, 0.25) is 0 Å². The van der Waals surface area contributed by atoms with Crippen molar-refractivity contribution in [3.8, 4) is 11.4 Å². The molecule has 5 rings (SSSR count). The molecule has 172 valence electrons. The second kappa shape index (κ2) is 9.30. The molecule has 3 N–H and O–H groups in total. The van der Waals surface area contributed by atoms with Crippen LogP contribution in [-0.2, 0) is 0 Å². The van der Waals surface area contributed by atoms with Gasteiger partial charge in [0.15, 0.2) is 0 Å². The predicted octanol–water partition coefficient (Wildman–Crippen LogP) is 3.73. The van der Waals surface area contributed by atoms with E-state index < -0.39 is 0 Å². The number of likely N-dealkylation sites (tertiary alicyclic amines) is 1. The molecule has 4 aromatic rings. The molecular weight excluding hydrogens is 428 g/mol. The van der Waals surface area contributed by atoms with Crippen molar-refractivity contribution < 1.29 is 4.79 Å². The van der Waals surface area contributed by atoms with Crippen molar-refractivity contribution in [1.82, 2.24) is 29.2 Å². The summed E-state index contributed by atoms with van der Waals surface area (Å²) in [5.41, 5.74) is 9.28. The highest BCUT2D eigenvalue weighted by atomic mass is 16.1. The zero-order valence-electron chi connectivity index (χ0n) is 18.9. The fourth-order valence-corrected chi connectivity index (χ4v) is 4.43. The summed E-state index contributed by atoms with van der Waals surface area (Å²) in [6, 6.07) is 10.8. The van der Waals surface area contributed by atoms with E-state index >= 15 is 0 Å². The summed E-state index contributed by atoms with van der Waals surface area (Å²) in [6.07, 6.45) is 11.4. The monoisotopic (exact) mass is 454 g/mol. The molecule has 5 heterocycles. The Morgan fingerprint density at radius 1 is 1.15 bits per heavy atom. The first-order valence-corrected chi connectivity index (χ1v) is 11.3. The highest BCUT2D eigenvalue weighted by Crippen LogP contribution is 2.33. The minimum Gasteiger partial charge on any atom is -0.377 e. The lowest BCUT2D eigenvalue weighted by atomic mass is 9.94. The molecule has 34 heavy (non-hydrogen) atoms. The zero-order chi connectivity index (χ0) is 23.5. The van der Waals surface area contributed by atoms with E-state index in [1.807, 2.05) is 29.5 Å². The summed E-state index contributed by atoms with van der Waals surface area (Å²) in [5.74, 6) is 1.46. The number of nitrogens with two attached hydrogens (primary N) is 1. The molecule has 4 aromatic heterocycles. The smallest absolute Gasteiger partial charge is 0.275 e. The number of nitrogens with zero attached hydrogens (tertiary/aromatic N) is 6. The Bertz CT molecular complexity index is 1330. The van der Waals surface area contributed by atoms with Crippen molar-refractivity contribution in [2.75, 3.05) is 24.1 Å². The zero-order valence-corrected chi connectivity index (χ0v) is 18.9. The van der Waals surface area contributed by atoms with Gasteiger partial charge in [0.1, 0.15) is 17.3 Å². The molecule has 9 nitrogen and oxygen atoms in total. The Morgan fingerprint density at radius 3 is 2.82 bits per heavy atom. The van der Waals surface area contributed by atoms with Gasteiger partial charge in [-0.25, -0.2) is 15.0 Å². The van der Waals surface area contributed by atoms with Gasteiger partial charge in [0.25, 0.3) is 5.91 Å². The largest absolute Gasteiger partial charge is 0.377 e. The first-order valence-electron chi connectivity index (χ1n) is 11.3. The van der Waals surface area contributed by atoms with E-state index in [9.17, 15) is 4.79 Å². The van der Waals surface area contributed by atoms with E-state index in [1.165, 1.54) is 0 Å². The van der Waals surface area contributed by atoms with Gasteiger partial charge in [-0.1, -0.05) is 12.1 Å². The van der Waals surface area contributed by atoms with Crippen LogP contribution in [0, 0.1) is 0 Å². The Morgan fingerprint density at radius 2 is 2.06 bits per heavy atom. The first-order chi connectivity index (χ1) is 16.6. The lowest BCUT2D eigenvalue weighted by molar-refractivity contribution is 0.102. The van der Waals surface area contributed by atoms with Crippen LogP contribution in [-0.4, -0.2) is 48.2 Å². The second-order valence-electron chi connectivity index (χ2n) is 8.26. The average Bonchev–Trinajstić information content (AvgIpc) is 3.26. The summed E-state index contributed by atoms with van der Waals surface area (Å²) in [6.45, 7) is 3.99. The third-order valence-electron chi connectivity index (χ3n) is 5.97. The SMILES string of the molecule is CC=CN1CCCC(c2nc(-c3ccc(C(=O)Nc4ccccn4)nc3)n3c(N)nccc23)C1. The number of imidazole rings is 1. The molecule has 1 saturated heterocycles. The standard InChI is InChI=1S/C25H26N8O/c1-2-13-32-14-5-6-18(16-32)22-20-10-12-28-25(26)33(20)23(31-22)17-8-9-19(29-15-17)24(34)30-21-7-3-4-11-27-21/h2-4,7-13,15,18H,5-6,14,16H2,1H3,(H2,26,28)(H,27,30,34). The molecular formula is C25H26N8O. The van der Waals surface area contributed by atoms with Gasteiger partial charge in [-0.2, -0.15) is 0 Å². The molecule has 0 aliphatic carbocycles. The van der Waals surface area contributed by atoms with Crippen LogP contribution < -0.4 is 11.1 Å². The fraction of sp³-hybridized carbons (Fsp3) is 0.240.